The molecule has 0 aliphatic heterocycles. The first-order valence-corrected chi connectivity index (χ1v) is 6.15. The second kappa shape index (κ2) is 7.24. The van der Waals surface area contributed by atoms with Gasteiger partial charge in [0.25, 0.3) is 5.91 Å². The lowest BCUT2D eigenvalue weighted by Crippen LogP contribution is -2.28. The Balaban J connectivity index is 2.52. The van der Waals surface area contributed by atoms with Gasteiger partial charge in [-0.05, 0) is 19.1 Å². The lowest BCUT2D eigenvalue weighted by atomic mass is 10.1. The number of nitrogens with one attached hydrogen (secondary N) is 1. The number of likely N-dealkylation sites (N-methyl/N-ethyl adjacent to an activating group) is 1. The summed E-state index contributed by atoms with van der Waals surface area (Å²) in [5.74, 6) is -0.882. The summed E-state index contributed by atoms with van der Waals surface area (Å²) in [5, 5.41) is 3.32. The van der Waals surface area contributed by atoms with Crippen molar-refractivity contribution in [2.45, 2.75) is 13.3 Å². The molecule has 0 aliphatic rings. The fourth-order valence-electron chi connectivity index (χ4n) is 1.29. The van der Waals surface area contributed by atoms with Crippen LogP contribution in [-0.2, 0) is 20.7 Å². The average Bonchev–Trinajstić information content (AvgIpc) is 2.32. The number of carbonyl (C=O) groups excluding carboxylic acids is 2. The maximum atomic E-state index is 11.5. The lowest BCUT2D eigenvalue weighted by Gasteiger charge is -2.07. The number of hydrogen-bond donors (Lipinski definition) is 1. The van der Waals surface area contributed by atoms with Gasteiger partial charge in [-0.3, -0.25) is 9.59 Å². The van der Waals surface area contributed by atoms with Crippen LogP contribution >= 0.6 is 23.2 Å². The number of amides is 1. The maximum Gasteiger partial charge on any atom is 0.310 e. The first-order chi connectivity index (χ1) is 8.54. The molecule has 1 aromatic rings. The highest BCUT2D eigenvalue weighted by Gasteiger charge is 2.13. The third-order valence-electron chi connectivity index (χ3n) is 2.12. The monoisotopic (exact) mass is 289 g/mol. The molecule has 1 aromatic carbocycles. The van der Waals surface area contributed by atoms with Crippen LogP contribution in [0.25, 0.3) is 0 Å². The Morgan fingerprint density at radius 2 is 1.89 bits per heavy atom. The minimum absolute atomic E-state index is 0.0576. The summed E-state index contributed by atoms with van der Waals surface area (Å²) < 4.78 is 4.80. The van der Waals surface area contributed by atoms with Gasteiger partial charge in [0.15, 0.2) is 6.61 Å². The molecular weight excluding hydrogens is 277 g/mol. The highest BCUT2D eigenvalue weighted by atomic mass is 35.5. The van der Waals surface area contributed by atoms with Gasteiger partial charge in [-0.25, -0.2) is 0 Å². The summed E-state index contributed by atoms with van der Waals surface area (Å²) in [5.41, 5.74) is 0.502. The number of rotatable bonds is 5. The number of hydrogen-bond acceptors (Lipinski definition) is 3. The summed E-state index contributed by atoms with van der Waals surface area (Å²) in [6.45, 7) is 1.98. The van der Waals surface area contributed by atoms with Gasteiger partial charge in [0, 0.05) is 22.2 Å². The van der Waals surface area contributed by atoms with Crippen LogP contribution in [0.2, 0.25) is 10.0 Å². The van der Waals surface area contributed by atoms with Crippen molar-refractivity contribution in [2.24, 2.45) is 0 Å². The van der Waals surface area contributed by atoms with Gasteiger partial charge >= 0.3 is 5.97 Å². The van der Waals surface area contributed by atoms with Crippen LogP contribution in [0.4, 0.5) is 0 Å². The van der Waals surface area contributed by atoms with E-state index in [1.807, 2.05) is 0 Å². The van der Waals surface area contributed by atoms with Crippen LogP contribution in [0.3, 0.4) is 0 Å². The SMILES string of the molecule is CCNC(=O)COC(=O)Cc1c(Cl)cccc1Cl. The van der Waals surface area contributed by atoms with Gasteiger partial charge in [0.05, 0.1) is 6.42 Å². The van der Waals surface area contributed by atoms with Crippen LogP contribution in [0.5, 0.6) is 0 Å². The molecule has 18 heavy (non-hydrogen) atoms. The molecule has 4 nitrogen and oxygen atoms in total. The van der Waals surface area contributed by atoms with E-state index in [2.05, 4.69) is 5.32 Å². The molecular formula is C12H13Cl2NO3. The van der Waals surface area contributed by atoms with Crippen LogP contribution in [0, 0.1) is 0 Å². The van der Waals surface area contributed by atoms with Crippen molar-refractivity contribution in [1.29, 1.82) is 0 Å². The molecule has 1 N–H and O–H groups in total. The molecule has 0 fully saturated rings. The fraction of sp³-hybridized carbons (Fsp3) is 0.333. The average molecular weight is 290 g/mol. The van der Waals surface area contributed by atoms with E-state index in [4.69, 9.17) is 27.9 Å². The summed E-state index contributed by atoms with van der Waals surface area (Å²) >= 11 is 11.8. The number of benzene rings is 1. The Hall–Kier alpha value is -1.26. The Labute approximate surface area is 115 Å². The molecule has 0 aliphatic carbocycles. The molecule has 0 radical (unpaired) electrons. The van der Waals surface area contributed by atoms with Gasteiger partial charge in [0.1, 0.15) is 0 Å². The van der Waals surface area contributed by atoms with Crippen molar-refractivity contribution in [1.82, 2.24) is 5.32 Å². The Kier molecular flexibility index (Phi) is 5.95. The normalized spacial score (nSPS) is 9.94. The molecule has 0 bridgehead atoms. The van der Waals surface area contributed by atoms with Gasteiger partial charge in [-0.15, -0.1) is 0 Å². The minimum atomic E-state index is -0.545. The van der Waals surface area contributed by atoms with E-state index in [1.54, 1.807) is 25.1 Å². The molecule has 6 heteroatoms. The van der Waals surface area contributed by atoms with E-state index in [-0.39, 0.29) is 18.9 Å². The molecule has 0 spiro atoms. The van der Waals surface area contributed by atoms with Gasteiger partial charge < -0.3 is 10.1 Å². The molecule has 0 heterocycles. The molecule has 0 aromatic heterocycles. The second-order valence-corrected chi connectivity index (χ2v) is 4.31. The summed E-state index contributed by atoms with van der Waals surface area (Å²) in [4.78, 5) is 22.6. The number of halogens is 2. The van der Waals surface area contributed by atoms with Gasteiger partial charge in [-0.1, -0.05) is 29.3 Å². The van der Waals surface area contributed by atoms with Crippen LogP contribution in [0.1, 0.15) is 12.5 Å². The van der Waals surface area contributed by atoms with E-state index in [0.717, 1.165) is 0 Å². The topological polar surface area (TPSA) is 55.4 Å². The molecule has 98 valence electrons. The lowest BCUT2D eigenvalue weighted by molar-refractivity contribution is -0.147. The van der Waals surface area contributed by atoms with Crippen molar-refractivity contribution < 1.29 is 14.3 Å². The zero-order valence-corrected chi connectivity index (χ0v) is 11.3. The third kappa shape index (κ3) is 4.55. The predicted octanol–water partition coefficient (Wildman–Crippen LogP) is 2.22. The standard InChI is InChI=1S/C12H13Cl2NO3/c1-2-15-11(16)7-18-12(17)6-8-9(13)4-3-5-10(8)14/h3-5H,2,6-7H2,1H3,(H,15,16). The molecule has 0 saturated heterocycles. The van der Waals surface area contributed by atoms with Gasteiger partial charge in [0.2, 0.25) is 0 Å². The zero-order valence-electron chi connectivity index (χ0n) is 9.83. The summed E-state index contributed by atoms with van der Waals surface area (Å²) in [7, 11) is 0. The fourth-order valence-corrected chi connectivity index (χ4v) is 1.82. The third-order valence-corrected chi connectivity index (χ3v) is 2.83. The smallest absolute Gasteiger partial charge is 0.310 e. The number of carbonyl (C=O) groups is 2. The molecule has 0 unspecified atom stereocenters. The van der Waals surface area contributed by atoms with Crippen molar-refractivity contribution in [3.8, 4) is 0 Å². The molecule has 1 amide bonds. The highest BCUT2D eigenvalue weighted by molar-refractivity contribution is 6.36. The van der Waals surface area contributed by atoms with Crippen LogP contribution in [-0.4, -0.2) is 25.0 Å². The van der Waals surface area contributed by atoms with E-state index in [1.165, 1.54) is 0 Å². The van der Waals surface area contributed by atoms with Crippen molar-refractivity contribution >= 4 is 35.1 Å². The van der Waals surface area contributed by atoms with E-state index in [0.29, 0.717) is 22.2 Å². The first kappa shape index (κ1) is 14.8. The zero-order chi connectivity index (χ0) is 13.5. The minimum Gasteiger partial charge on any atom is -0.455 e. The maximum absolute atomic E-state index is 11.5. The summed E-state index contributed by atoms with van der Waals surface area (Å²) in [6.07, 6.45) is -0.0576. The van der Waals surface area contributed by atoms with Crippen LogP contribution < -0.4 is 5.32 Å². The first-order valence-electron chi connectivity index (χ1n) is 5.39. The highest BCUT2D eigenvalue weighted by Crippen LogP contribution is 2.24. The molecule has 0 atom stereocenters. The van der Waals surface area contributed by atoms with Crippen LogP contribution in [0.15, 0.2) is 18.2 Å². The Morgan fingerprint density at radius 1 is 1.28 bits per heavy atom. The van der Waals surface area contributed by atoms with E-state index < -0.39 is 5.97 Å². The predicted molar refractivity (Wildman–Crippen MR) is 69.8 cm³/mol. The van der Waals surface area contributed by atoms with Gasteiger partial charge in [-0.2, -0.15) is 0 Å². The number of esters is 1. The van der Waals surface area contributed by atoms with Crippen molar-refractivity contribution in [3.05, 3.63) is 33.8 Å². The largest absolute Gasteiger partial charge is 0.455 e. The van der Waals surface area contributed by atoms with E-state index >= 15 is 0 Å². The Bertz CT molecular complexity index is 429. The number of ether oxygens (including phenoxy) is 1. The van der Waals surface area contributed by atoms with Crippen molar-refractivity contribution in [3.63, 3.8) is 0 Å². The second-order valence-electron chi connectivity index (χ2n) is 3.49. The molecule has 1 rings (SSSR count). The van der Waals surface area contributed by atoms with Crippen molar-refractivity contribution in [2.75, 3.05) is 13.2 Å². The van der Waals surface area contributed by atoms with E-state index in [9.17, 15) is 9.59 Å². The summed E-state index contributed by atoms with van der Waals surface area (Å²) in [6, 6.07) is 4.97. The quantitative estimate of drug-likeness (QED) is 0.846. The Morgan fingerprint density at radius 3 is 2.44 bits per heavy atom. The molecule has 0 saturated carbocycles.